The van der Waals surface area contributed by atoms with Crippen LogP contribution in [0, 0.1) is 0 Å². The van der Waals surface area contributed by atoms with Crippen LogP contribution < -0.4 is 0 Å². The largest absolute Gasteiger partial charge is 0.292 e. The number of hydrogen-bond donors (Lipinski definition) is 0. The SMILES string of the molecule is CN1C(=O)CSC1=NN=Cc1cn(-c2ccccc2)nc1-c1ccccc1. The number of aromatic nitrogens is 2. The molecule has 0 bridgehead atoms. The van der Waals surface area contributed by atoms with Gasteiger partial charge in [0, 0.05) is 24.4 Å². The third-order valence-corrected chi connectivity index (χ3v) is 5.14. The first-order valence-corrected chi connectivity index (χ1v) is 9.42. The number of para-hydroxylation sites is 1. The molecule has 0 spiro atoms. The van der Waals surface area contributed by atoms with Gasteiger partial charge in [-0.05, 0) is 12.1 Å². The number of amides is 1. The summed E-state index contributed by atoms with van der Waals surface area (Å²) >= 11 is 1.39. The summed E-state index contributed by atoms with van der Waals surface area (Å²) in [6.45, 7) is 0. The van der Waals surface area contributed by atoms with E-state index in [1.807, 2.05) is 71.5 Å². The maximum atomic E-state index is 11.6. The quantitative estimate of drug-likeness (QED) is 0.518. The van der Waals surface area contributed by atoms with Crippen LogP contribution in [-0.2, 0) is 4.79 Å². The molecule has 0 N–H and O–H groups in total. The fraction of sp³-hybridized carbons (Fsp3) is 0.100. The molecule has 2 aromatic carbocycles. The van der Waals surface area contributed by atoms with Crippen LogP contribution in [0.5, 0.6) is 0 Å². The van der Waals surface area contributed by atoms with Gasteiger partial charge >= 0.3 is 0 Å². The van der Waals surface area contributed by atoms with Crippen molar-refractivity contribution in [1.29, 1.82) is 0 Å². The van der Waals surface area contributed by atoms with E-state index in [4.69, 9.17) is 5.10 Å². The minimum absolute atomic E-state index is 0.0378. The molecule has 3 aromatic rings. The molecule has 1 aliphatic heterocycles. The van der Waals surface area contributed by atoms with Gasteiger partial charge in [0.2, 0.25) is 5.91 Å². The normalized spacial score (nSPS) is 16.0. The fourth-order valence-corrected chi connectivity index (χ4v) is 3.52. The van der Waals surface area contributed by atoms with Crippen molar-refractivity contribution >= 4 is 29.1 Å². The Kier molecular flexibility index (Phi) is 4.84. The molecule has 0 atom stereocenters. The Hall–Kier alpha value is -3.19. The molecule has 2 heterocycles. The summed E-state index contributed by atoms with van der Waals surface area (Å²) in [5.74, 6) is 0.447. The van der Waals surface area contributed by atoms with Gasteiger partial charge in [0.15, 0.2) is 5.17 Å². The smallest absolute Gasteiger partial charge is 0.238 e. The van der Waals surface area contributed by atoms with E-state index >= 15 is 0 Å². The van der Waals surface area contributed by atoms with Gasteiger partial charge in [-0.25, -0.2) is 4.68 Å². The van der Waals surface area contributed by atoms with E-state index in [1.54, 1.807) is 13.3 Å². The lowest BCUT2D eigenvalue weighted by molar-refractivity contribution is -0.123. The van der Waals surface area contributed by atoms with Gasteiger partial charge in [-0.15, -0.1) is 5.10 Å². The second kappa shape index (κ2) is 7.59. The molecule has 7 heteroatoms. The molecule has 0 saturated carbocycles. The molecule has 1 aliphatic rings. The van der Waals surface area contributed by atoms with E-state index < -0.39 is 0 Å². The number of thioether (sulfide) groups is 1. The zero-order valence-electron chi connectivity index (χ0n) is 14.7. The first kappa shape index (κ1) is 17.2. The maximum Gasteiger partial charge on any atom is 0.238 e. The number of carbonyl (C=O) groups excluding carboxylic acids is 1. The zero-order chi connectivity index (χ0) is 18.6. The van der Waals surface area contributed by atoms with Crippen molar-refractivity contribution in [2.45, 2.75) is 0 Å². The van der Waals surface area contributed by atoms with Crippen LogP contribution in [0.2, 0.25) is 0 Å². The molecule has 27 heavy (non-hydrogen) atoms. The van der Waals surface area contributed by atoms with Gasteiger partial charge in [0.1, 0.15) is 5.69 Å². The third-order valence-electron chi connectivity index (χ3n) is 4.14. The number of benzene rings is 2. The Morgan fingerprint density at radius 1 is 1.07 bits per heavy atom. The minimum atomic E-state index is 0.0378. The summed E-state index contributed by atoms with van der Waals surface area (Å²) in [4.78, 5) is 13.1. The summed E-state index contributed by atoms with van der Waals surface area (Å²) in [7, 11) is 1.71. The van der Waals surface area contributed by atoms with Crippen LogP contribution in [0.1, 0.15) is 5.56 Å². The Balaban J connectivity index is 1.70. The van der Waals surface area contributed by atoms with Crippen molar-refractivity contribution in [2.75, 3.05) is 12.8 Å². The second-order valence-corrected chi connectivity index (χ2v) is 6.89. The van der Waals surface area contributed by atoms with Crippen LogP contribution in [0.4, 0.5) is 0 Å². The van der Waals surface area contributed by atoms with Gasteiger partial charge in [-0.2, -0.15) is 10.2 Å². The first-order chi connectivity index (χ1) is 13.2. The molecule has 1 saturated heterocycles. The standard InChI is InChI=1S/C20H17N5OS/c1-24-18(26)14-27-20(24)22-21-12-16-13-25(17-10-6-3-7-11-17)23-19(16)15-8-4-2-5-9-15/h2-13H,14H2,1H3. The highest BCUT2D eigenvalue weighted by Crippen LogP contribution is 2.23. The van der Waals surface area contributed by atoms with Gasteiger partial charge in [0.25, 0.3) is 0 Å². The molecular weight excluding hydrogens is 358 g/mol. The lowest BCUT2D eigenvalue weighted by Gasteiger charge is -2.04. The summed E-state index contributed by atoms with van der Waals surface area (Å²) in [5, 5.41) is 13.7. The molecule has 4 rings (SSSR count). The van der Waals surface area contributed by atoms with E-state index in [0.717, 1.165) is 22.5 Å². The molecule has 0 radical (unpaired) electrons. The summed E-state index contributed by atoms with van der Waals surface area (Å²) < 4.78 is 1.83. The van der Waals surface area contributed by atoms with Crippen molar-refractivity contribution in [3.05, 3.63) is 72.4 Å². The summed E-state index contributed by atoms with van der Waals surface area (Å²) in [5.41, 5.74) is 3.65. The first-order valence-electron chi connectivity index (χ1n) is 8.43. The molecule has 1 fully saturated rings. The average molecular weight is 375 g/mol. The molecule has 0 unspecified atom stereocenters. The predicted octanol–water partition coefficient (Wildman–Crippen LogP) is 3.43. The zero-order valence-corrected chi connectivity index (χ0v) is 15.5. The van der Waals surface area contributed by atoms with Crippen LogP contribution in [0.3, 0.4) is 0 Å². The summed E-state index contributed by atoms with van der Waals surface area (Å²) in [6.07, 6.45) is 3.61. The van der Waals surface area contributed by atoms with Gasteiger partial charge in [0.05, 0.1) is 17.7 Å². The van der Waals surface area contributed by atoms with Crippen LogP contribution in [0.15, 0.2) is 77.1 Å². The number of nitrogens with zero attached hydrogens (tertiary/aromatic N) is 5. The van der Waals surface area contributed by atoms with Crippen LogP contribution in [0.25, 0.3) is 16.9 Å². The van der Waals surface area contributed by atoms with Gasteiger partial charge in [-0.1, -0.05) is 60.3 Å². The molecular formula is C20H17N5OS. The average Bonchev–Trinajstić information content (AvgIpc) is 3.28. The van der Waals surface area contributed by atoms with E-state index in [-0.39, 0.29) is 5.91 Å². The highest BCUT2D eigenvalue weighted by Gasteiger charge is 2.24. The number of rotatable bonds is 4. The lowest BCUT2D eigenvalue weighted by Crippen LogP contribution is -2.24. The molecule has 0 aliphatic carbocycles. The molecule has 1 amide bonds. The Labute approximate surface area is 161 Å². The van der Waals surface area contributed by atoms with E-state index in [1.165, 1.54) is 16.7 Å². The maximum absolute atomic E-state index is 11.6. The van der Waals surface area contributed by atoms with Crippen molar-refractivity contribution in [3.63, 3.8) is 0 Å². The number of hydrogen-bond acceptors (Lipinski definition) is 5. The van der Waals surface area contributed by atoms with Crippen LogP contribution in [-0.4, -0.2) is 44.8 Å². The van der Waals surface area contributed by atoms with Crippen molar-refractivity contribution in [3.8, 4) is 16.9 Å². The third kappa shape index (κ3) is 3.68. The Morgan fingerprint density at radius 2 is 1.78 bits per heavy atom. The van der Waals surface area contributed by atoms with E-state index in [2.05, 4.69) is 10.2 Å². The predicted molar refractivity (Wildman–Crippen MR) is 109 cm³/mol. The monoisotopic (exact) mass is 375 g/mol. The van der Waals surface area contributed by atoms with E-state index in [0.29, 0.717) is 10.9 Å². The van der Waals surface area contributed by atoms with Crippen molar-refractivity contribution < 1.29 is 4.79 Å². The second-order valence-electron chi connectivity index (χ2n) is 5.95. The highest BCUT2D eigenvalue weighted by atomic mass is 32.2. The Bertz CT molecular complexity index is 1010. The fourth-order valence-electron chi connectivity index (χ4n) is 2.68. The number of carbonyl (C=O) groups is 1. The lowest BCUT2D eigenvalue weighted by atomic mass is 10.1. The molecule has 134 valence electrons. The topological polar surface area (TPSA) is 62.9 Å². The number of amidine groups is 1. The van der Waals surface area contributed by atoms with E-state index in [9.17, 15) is 4.79 Å². The van der Waals surface area contributed by atoms with Crippen molar-refractivity contribution in [1.82, 2.24) is 14.7 Å². The van der Waals surface area contributed by atoms with Gasteiger partial charge in [-0.3, -0.25) is 9.69 Å². The highest BCUT2D eigenvalue weighted by molar-refractivity contribution is 8.15. The Morgan fingerprint density at radius 3 is 2.44 bits per heavy atom. The van der Waals surface area contributed by atoms with Gasteiger partial charge < -0.3 is 0 Å². The van der Waals surface area contributed by atoms with Crippen molar-refractivity contribution in [2.24, 2.45) is 10.2 Å². The molecule has 6 nitrogen and oxygen atoms in total. The molecule has 1 aromatic heterocycles. The minimum Gasteiger partial charge on any atom is -0.292 e. The summed E-state index contributed by atoms with van der Waals surface area (Å²) in [6, 6.07) is 19.9. The van der Waals surface area contributed by atoms with Crippen LogP contribution >= 0.6 is 11.8 Å².